The molecule has 0 saturated carbocycles. The second-order valence-corrected chi connectivity index (χ2v) is 4.47. The molecule has 0 aliphatic heterocycles. The molecule has 0 spiro atoms. The summed E-state index contributed by atoms with van der Waals surface area (Å²) in [5.41, 5.74) is 0.996. The average molecular weight is 293 g/mol. The van der Waals surface area contributed by atoms with Gasteiger partial charge in [0.15, 0.2) is 0 Å². The number of carboxylic acid groups (broad SMARTS) is 1. The van der Waals surface area contributed by atoms with Crippen molar-refractivity contribution in [1.82, 2.24) is 10.2 Å². The molecule has 21 heavy (non-hydrogen) atoms. The van der Waals surface area contributed by atoms with Crippen molar-refractivity contribution in [1.29, 1.82) is 0 Å². The zero-order valence-electron chi connectivity index (χ0n) is 12.3. The van der Waals surface area contributed by atoms with Gasteiger partial charge in [-0.05, 0) is 26.0 Å². The van der Waals surface area contributed by atoms with E-state index in [9.17, 15) is 14.4 Å². The lowest BCUT2D eigenvalue weighted by Gasteiger charge is -2.21. The number of amides is 3. The van der Waals surface area contributed by atoms with Crippen molar-refractivity contribution in [3.63, 3.8) is 0 Å². The molecule has 0 aromatic heterocycles. The number of carboxylic acids is 1. The molecule has 7 heteroatoms. The predicted molar refractivity (Wildman–Crippen MR) is 78.5 cm³/mol. The van der Waals surface area contributed by atoms with Crippen LogP contribution in [0.5, 0.6) is 0 Å². The van der Waals surface area contributed by atoms with Gasteiger partial charge in [0.2, 0.25) is 5.91 Å². The lowest BCUT2D eigenvalue weighted by molar-refractivity contribution is -0.121. The van der Waals surface area contributed by atoms with Gasteiger partial charge in [-0.3, -0.25) is 4.79 Å². The maximum Gasteiger partial charge on any atom is 0.337 e. The zero-order chi connectivity index (χ0) is 16.0. The number of carbonyl (C=O) groups excluding carboxylic acids is 2. The molecule has 1 aromatic rings. The van der Waals surface area contributed by atoms with Crippen LogP contribution in [0.15, 0.2) is 18.2 Å². The van der Waals surface area contributed by atoms with E-state index in [-0.39, 0.29) is 23.7 Å². The van der Waals surface area contributed by atoms with Crippen molar-refractivity contribution in [2.45, 2.75) is 13.8 Å². The van der Waals surface area contributed by atoms with E-state index < -0.39 is 12.0 Å². The minimum atomic E-state index is -1.12. The van der Waals surface area contributed by atoms with Crippen LogP contribution in [0.2, 0.25) is 0 Å². The quantitative estimate of drug-likeness (QED) is 0.762. The molecule has 1 aromatic carbocycles. The molecule has 0 atom stereocenters. The Hall–Kier alpha value is -2.57. The summed E-state index contributed by atoms with van der Waals surface area (Å²) < 4.78 is 0. The molecule has 0 aliphatic rings. The van der Waals surface area contributed by atoms with Crippen LogP contribution in [0.4, 0.5) is 10.5 Å². The summed E-state index contributed by atoms with van der Waals surface area (Å²) in [4.78, 5) is 35.9. The number of aromatic carboxylic acids is 1. The summed E-state index contributed by atoms with van der Waals surface area (Å²) in [6, 6.07) is 4.20. The fourth-order valence-corrected chi connectivity index (χ4v) is 1.72. The lowest BCUT2D eigenvalue weighted by atomic mass is 10.1. The summed E-state index contributed by atoms with van der Waals surface area (Å²) in [5, 5.41) is 14.1. The number of urea groups is 1. The fraction of sp³-hybridized carbons (Fsp3) is 0.357. The van der Waals surface area contributed by atoms with Gasteiger partial charge in [0, 0.05) is 13.6 Å². The molecule has 0 radical (unpaired) electrons. The molecule has 3 N–H and O–H groups in total. The van der Waals surface area contributed by atoms with Crippen molar-refractivity contribution < 1.29 is 19.5 Å². The smallest absolute Gasteiger partial charge is 0.337 e. The molecule has 0 saturated heterocycles. The summed E-state index contributed by atoms with van der Waals surface area (Å²) >= 11 is 0. The standard InChI is InChI=1S/C14H19N3O4/c1-4-17(8-12(18)15-3)14(21)16-11-6-5-9(2)7-10(11)13(19)20/h5-7H,4,8H2,1-3H3,(H,15,18)(H,16,21)(H,19,20). The summed E-state index contributed by atoms with van der Waals surface area (Å²) in [5.74, 6) is -1.42. The Morgan fingerprint density at radius 1 is 1.29 bits per heavy atom. The molecule has 0 bridgehead atoms. The van der Waals surface area contributed by atoms with Crippen LogP contribution in [0, 0.1) is 6.92 Å². The first-order valence-corrected chi connectivity index (χ1v) is 6.49. The van der Waals surface area contributed by atoms with Gasteiger partial charge in [-0.15, -0.1) is 0 Å². The Morgan fingerprint density at radius 2 is 1.95 bits per heavy atom. The van der Waals surface area contributed by atoms with Crippen LogP contribution in [0.25, 0.3) is 0 Å². The maximum atomic E-state index is 12.1. The third-order valence-electron chi connectivity index (χ3n) is 2.93. The summed E-state index contributed by atoms with van der Waals surface area (Å²) in [6.07, 6.45) is 0. The van der Waals surface area contributed by atoms with E-state index in [4.69, 9.17) is 5.11 Å². The second kappa shape index (κ2) is 7.28. The van der Waals surface area contributed by atoms with Crippen LogP contribution in [-0.4, -0.2) is 48.1 Å². The average Bonchev–Trinajstić information content (AvgIpc) is 2.45. The SMILES string of the molecule is CCN(CC(=O)NC)C(=O)Nc1ccc(C)cc1C(=O)O. The number of nitrogens with zero attached hydrogens (tertiary/aromatic N) is 1. The Bertz CT molecular complexity index is 557. The molecule has 1 rings (SSSR count). The molecule has 0 unspecified atom stereocenters. The fourth-order valence-electron chi connectivity index (χ4n) is 1.72. The van der Waals surface area contributed by atoms with E-state index in [0.29, 0.717) is 6.54 Å². The summed E-state index contributed by atoms with van der Waals surface area (Å²) in [7, 11) is 1.48. The number of hydrogen-bond donors (Lipinski definition) is 3. The highest BCUT2D eigenvalue weighted by atomic mass is 16.4. The molecular weight excluding hydrogens is 274 g/mol. The van der Waals surface area contributed by atoms with Gasteiger partial charge in [-0.1, -0.05) is 11.6 Å². The van der Waals surface area contributed by atoms with Crippen LogP contribution in [0.1, 0.15) is 22.8 Å². The van der Waals surface area contributed by atoms with E-state index in [1.54, 1.807) is 19.9 Å². The number of anilines is 1. The maximum absolute atomic E-state index is 12.1. The highest BCUT2D eigenvalue weighted by Crippen LogP contribution is 2.18. The molecule has 3 amide bonds. The monoisotopic (exact) mass is 293 g/mol. The normalized spacial score (nSPS) is 9.86. The number of hydrogen-bond acceptors (Lipinski definition) is 3. The van der Waals surface area contributed by atoms with Crippen LogP contribution >= 0.6 is 0 Å². The largest absolute Gasteiger partial charge is 0.478 e. The van der Waals surface area contributed by atoms with Gasteiger partial charge in [0.05, 0.1) is 11.3 Å². The third-order valence-corrected chi connectivity index (χ3v) is 2.93. The van der Waals surface area contributed by atoms with E-state index in [1.165, 1.54) is 24.1 Å². The first-order chi connectivity index (χ1) is 9.88. The van der Waals surface area contributed by atoms with Crippen molar-refractivity contribution in [2.75, 3.05) is 25.5 Å². The highest BCUT2D eigenvalue weighted by Gasteiger charge is 2.18. The Labute approximate surface area is 122 Å². The Kier molecular flexibility index (Phi) is 5.71. The van der Waals surface area contributed by atoms with Gasteiger partial charge in [-0.2, -0.15) is 0 Å². The Morgan fingerprint density at radius 3 is 2.48 bits per heavy atom. The number of benzene rings is 1. The number of rotatable bonds is 5. The van der Waals surface area contributed by atoms with E-state index in [2.05, 4.69) is 10.6 Å². The van der Waals surface area contributed by atoms with Crippen molar-refractivity contribution in [3.05, 3.63) is 29.3 Å². The minimum Gasteiger partial charge on any atom is -0.478 e. The minimum absolute atomic E-state index is 0.0133. The van der Waals surface area contributed by atoms with Crippen LogP contribution in [0.3, 0.4) is 0 Å². The second-order valence-electron chi connectivity index (χ2n) is 4.47. The zero-order valence-corrected chi connectivity index (χ0v) is 12.3. The van der Waals surface area contributed by atoms with Gasteiger partial charge >= 0.3 is 12.0 Å². The number of nitrogens with one attached hydrogen (secondary N) is 2. The van der Waals surface area contributed by atoms with E-state index in [0.717, 1.165) is 5.56 Å². The molecule has 0 heterocycles. The number of carbonyl (C=O) groups is 3. The van der Waals surface area contributed by atoms with Gasteiger partial charge in [0.25, 0.3) is 0 Å². The first kappa shape index (κ1) is 16.5. The highest BCUT2D eigenvalue weighted by molar-refractivity contribution is 6.00. The van der Waals surface area contributed by atoms with Crippen molar-refractivity contribution >= 4 is 23.6 Å². The molecule has 0 aliphatic carbocycles. The molecular formula is C14H19N3O4. The lowest BCUT2D eigenvalue weighted by Crippen LogP contribution is -2.41. The molecule has 114 valence electrons. The van der Waals surface area contributed by atoms with Crippen LogP contribution < -0.4 is 10.6 Å². The molecule has 0 fully saturated rings. The van der Waals surface area contributed by atoms with E-state index >= 15 is 0 Å². The van der Waals surface area contributed by atoms with Gasteiger partial charge in [0.1, 0.15) is 6.54 Å². The van der Waals surface area contributed by atoms with Crippen LogP contribution in [-0.2, 0) is 4.79 Å². The number of likely N-dealkylation sites (N-methyl/N-ethyl adjacent to an activating group) is 2. The molecule has 7 nitrogen and oxygen atoms in total. The van der Waals surface area contributed by atoms with Gasteiger partial charge in [-0.25, -0.2) is 9.59 Å². The van der Waals surface area contributed by atoms with Gasteiger partial charge < -0.3 is 20.6 Å². The topological polar surface area (TPSA) is 98.7 Å². The van der Waals surface area contributed by atoms with Crippen molar-refractivity contribution in [3.8, 4) is 0 Å². The van der Waals surface area contributed by atoms with Crippen molar-refractivity contribution in [2.24, 2.45) is 0 Å². The van der Waals surface area contributed by atoms with E-state index in [1.807, 2.05) is 0 Å². The number of aryl methyl sites for hydroxylation is 1. The predicted octanol–water partition coefficient (Wildman–Crippen LogP) is 1.29. The first-order valence-electron chi connectivity index (χ1n) is 6.49. The third kappa shape index (κ3) is 4.48. The Balaban J connectivity index is 2.91. The summed E-state index contributed by atoms with van der Waals surface area (Å²) in [6.45, 7) is 3.73.